The molecule has 2 rings (SSSR count). The minimum absolute atomic E-state index is 0.240. The molecule has 1 fully saturated rings. The van der Waals surface area contributed by atoms with Crippen LogP contribution < -0.4 is 5.73 Å². The lowest BCUT2D eigenvalue weighted by Crippen LogP contribution is -2.33. The van der Waals surface area contributed by atoms with Crippen molar-refractivity contribution in [3.63, 3.8) is 0 Å². The number of hydrogen-bond acceptors (Lipinski definition) is 4. The number of amides is 2. The Morgan fingerprint density at radius 1 is 1.32 bits per heavy atom. The van der Waals surface area contributed by atoms with Crippen LogP contribution in [0.5, 0.6) is 0 Å². The van der Waals surface area contributed by atoms with E-state index >= 15 is 0 Å². The molecule has 2 amide bonds. The average Bonchev–Trinajstić information content (AvgIpc) is 2.67. The van der Waals surface area contributed by atoms with Crippen molar-refractivity contribution in [1.29, 1.82) is 0 Å². The highest BCUT2D eigenvalue weighted by Gasteiger charge is 2.34. The number of benzene rings is 1. The maximum atomic E-state index is 12.1. The van der Waals surface area contributed by atoms with Gasteiger partial charge in [0, 0.05) is 13.1 Å². The van der Waals surface area contributed by atoms with Gasteiger partial charge in [-0.15, -0.1) is 0 Å². The normalized spacial score (nSPS) is 17.6. The van der Waals surface area contributed by atoms with E-state index in [4.69, 9.17) is 5.73 Å². The quantitative estimate of drug-likeness (QED) is 0.857. The Morgan fingerprint density at radius 2 is 2.05 bits per heavy atom. The van der Waals surface area contributed by atoms with Gasteiger partial charge in [0.05, 0.1) is 4.91 Å². The number of hydrogen-bond donors (Lipinski definition) is 1. The summed E-state index contributed by atoms with van der Waals surface area (Å²) in [6, 6.07) is 7.87. The van der Waals surface area contributed by atoms with Crippen LogP contribution in [0, 0.1) is 0 Å². The molecule has 1 aliphatic rings. The van der Waals surface area contributed by atoms with E-state index in [2.05, 4.69) is 6.92 Å². The smallest absolute Gasteiger partial charge is 0.293 e. The molecule has 0 aromatic heterocycles. The molecular weight excluding hydrogens is 260 g/mol. The number of carbonyl (C=O) groups excluding carboxylic acids is 2. The Hall–Kier alpha value is -1.59. The lowest BCUT2D eigenvalue weighted by atomic mass is 10.0. The first-order chi connectivity index (χ1) is 9.17. The van der Waals surface area contributed by atoms with Crippen molar-refractivity contribution in [2.24, 2.45) is 5.73 Å². The second kappa shape index (κ2) is 6.04. The molecule has 0 saturated carbocycles. The summed E-state index contributed by atoms with van der Waals surface area (Å²) in [5.41, 5.74) is 7.55. The molecule has 0 atom stereocenters. The van der Waals surface area contributed by atoms with Gasteiger partial charge in [-0.1, -0.05) is 31.2 Å². The molecule has 0 aliphatic carbocycles. The maximum Gasteiger partial charge on any atom is 0.293 e. The van der Waals surface area contributed by atoms with Crippen molar-refractivity contribution in [2.45, 2.75) is 13.3 Å². The first-order valence-corrected chi connectivity index (χ1v) is 7.02. The van der Waals surface area contributed by atoms with Gasteiger partial charge in [0.2, 0.25) is 0 Å². The topological polar surface area (TPSA) is 63.4 Å². The van der Waals surface area contributed by atoms with E-state index in [9.17, 15) is 9.59 Å². The molecule has 1 saturated heterocycles. The van der Waals surface area contributed by atoms with Crippen LogP contribution in [0.3, 0.4) is 0 Å². The van der Waals surface area contributed by atoms with Crippen molar-refractivity contribution >= 4 is 29.0 Å². The molecular formula is C14H16N2O2S. The minimum Gasteiger partial charge on any atom is -0.329 e. The number of aryl methyl sites for hydroxylation is 1. The van der Waals surface area contributed by atoms with Gasteiger partial charge in [0.25, 0.3) is 11.1 Å². The Balaban J connectivity index is 2.30. The second-order valence-corrected chi connectivity index (χ2v) is 5.17. The van der Waals surface area contributed by atoms with Gasteiger partial charge in [-0.25, -0.2) is 0 Å². The molecule has 0 bridgehead atoms. The Kier molecular flexibility index (Phi) is 4.39. The van der Waals surface area contributed by atoms with Gasteiger partial charge < -0.3 is 5.73 Å². The first kappa shape index (κ1) is 13.8. The van der Waals surface area contributed by atoms with Gasteiger partial charge in [0.1, 0.15) is 0 Å². The minimum atomic E-state index is -0.244. The van der Waals surface area contributed by atoms with E-state index in [1.807, 2.05) is 24.3 Å². The fourth-order valence-corrected chi connectivity index (χ4v) is 2.82. The summed E-state index contributed by atoms with van der Waals surface area (Å²) in [6.45, 7) is 2.63. The highest BCUT2D eigenvalue weighted by molar-refractivity contribution is 8.18. The number of thioether (sulfide) groups is 1. The molecule has 1 aromatic carbocycles. The zero-order valence-electron chi connectivity index (χ0n) is 10.8. The van der Waals surface area contributed by atoms with Crippen LogP contribution in [0.4, 0.5) is 4.79 Å². The van der Waals surface area contributed by atoms with E-state index in [0.29, 0.717) is 4.91 Å². The number of imide groups is 1. The third-order valence-corrected chi connectivity index (χ3v) is 3.86. The second-order valence-electron chi connectivity index (χ2n) is 4.17. The SMILES string of the molecule is CCc1ccccc1C=C1SC(=O)N(CCN)C1=O. The fourth-order valence-electron chi connectivity index (χ4n) is 1.96. The number of nitrogens with two attached hydrogens (primary N) is 1. The average molecular weight is 276 g/mol. The lowest BCUT2D eigenvalue weighted by molar-refractivity contribution is -0.122. The van der Waals surface area contributed by atoms with Crippen LogP contribution in [0.25, 0.3) is 6.08 Å². The highest BCUT2D eigenvalue weighted by Crippen LogP contribution is 2.32. The van der Waals surface area contributed by atoms with E-state index in [1.165, 1.54) is 4.90 Å². The molecule has 0 radical (unpaired) electrons. The fraction of sp³-hybridized carbons (Fsp3) is 0.286. The largest absolute Gasteiger partial charge is 0.329 e. The molecule has 1 heterocycles. The molecule has 0 spiro atoms. The van der Waals surface area contributed by atoms with Gasteiger partial charge in [-0.3, -0.25) is 14.5 Å². The first-order valence-electron chi connectivity index (χ1n) is 6.20. The standard InChI is InChI=1S/C14H16N2O2S/c1-2-10-5-3-4-6-11(10)9-12-13(17)16(8-7-15)14(18)19-12/h3-6,9H,2,7-8,15H2,1H3. The summed E-state index contributed by atoms with van der Waals surface area (Å²) in [5.74, 6) is -0.244. The van der Waals surface area contributed by atoms with Crippen molar-refractivity contribution < 1.29 is 9.59 Å². The molecule has 100 valence electrons. The summed E-state index contributed by atoms with van der Waals surface area (Å²) in [6.07, 6.45) is 2.68. The molecule has 5 heteroatoms. The zero-order valence-corrected chi connectivity index (χ0v) is 11.6. The van der Waals surface area contributed by atoms with E-state index in [0.717, 1.165) is 29.3 Å². The monoisotopic (exact) mass is 276 g/mol. The third-order valence-electron chi connectivity index (χ3n) is 2.95. The Bertz CT molecular complexity index is 540. The van der Waals surface area contributed by atoms with Crippen molar-refractivity contribution in [3.8, 4) is 0 Å². The zero-order chi connectivity index (χ0) is 13.8. The number of carbonyl (C=O) groups is 2. The van der Waals surface area contributed by atoms with Crippen LogP contribution in [0.2, 0.25) is 0 Å². The van der Waals surface area contributed by atoms with Crippen LogP contribution >= 0.6 is 11.8 Å². The Labute approximate surface area is 116 Å². The third kappa shape index (κ3) is 2.88. The summed E-state index contributed by atoms with van der Waals surface area (Å²) in [5, 5.41) is -0.240. The highest BCUT2D eigenvalue weighted by atomic mass is 32.2. The van der Waals surface area contributed by atoms with Gasteiger partial charge in [0.15, 0.2) is 0 Å². The predicted molar refractivity (Wildman–Crippen MR) is 77.6 cm³/mol. The van der Waals surface area contributed by atoms with Crippen molar-refractivity contribution in [2.75, 3.05) is 13.1 Å². The molecule has 2 N–H and O–H groups in total. The molecule has 1 aromatic rings. The van der Waals surface area contributed by atoms with Crippen molar-refractivity contribution in [3.05, 3.63) is 40.3 Å². The summed E-state index contributed by atoms with van der Waals surface area (Å²) in [4.78, 5) is 25.4. The van der Waals surface area contributed by atoms with Gasteiger partial charge in [-0.05, 0) is 35.4 Å². The molecule has 1 aliphatic heterocycles. The number of nitrogens with zero attached hydrogens (tertiary/aromatic N) is 1. The van der Waals surface area contributed by atoms with Crippen LogP contribution in [-0.4, -0.2) is 29.1 Å². The van der Waals surface area contributed by atoms with E-state index in [-0.39, 0.29) is 24.2 Å². The lowest BCUT2D eigenvalue weighted by Gasteiger charge is -2.09. The van der Waals surface area contributed by atoms with Crippen LogP contribution in [-0.2, 0) is 11.2 Å². The predicted octanol–water partition coefficient (Wildman–Crippen LogP) is 2.24. The molecule has 4 nitrogen and oxygen atoms in total. The maximum absolute atomic E-state index is 12.1. The van der Waals surface area contributed by atoms with E-state index < -0.39 is 0 Å². The summed E-state index contributed by atoms with van der Waals surface area (Å²) in [7, 11) is 0. The van der Waals surface area contributed by atoms with Gasteiger partial charge >= 0.3 is 0 Å². The van der Waals surface area contributed by atoms with Crippen LogP contribution in [0.15, 0.2) is 29.2 Å². The summed E-state index contributed by atoms with van der Waals surface area (Å²) >= 11 is 0.979. The van der Waals surface area contributed by atoms with Crippen molar-refractivity contribution in [1.82, 2.24) is 4.90 Å². The molecule has 0 unspecified atom stereocenters. The van der Waals surface area contributed by atoms with E-state index in [1.54, 1.807) is 6.08 Å². The van der Waals surface area contributed by atoms with Crippen LogP contribution in [0.1, 0.15) is 18.1 Å². The molecule has 19 heavy (non-hydrogen) atoms. The number of rotatable bonds is 4. The van der Waals surface area contributed by atoms with Gasteiger partial charge in [-0.2, -0.15) is 0 Å². The summed E-state index contributed by atoms with van der Waals surface area (Å²) < 4.78 is 0. The Morgan fingerprint density at radius 3 is 2.74 bits per heavy atom.